The van der Waals surface area contributed by atoms with Crippen molar-refractivity contribution in [3.8, 4) is 0 Å². The number of ketones is 1. The number of nitrogens with zero attached hydrogens (tertiary/aromatic N) is 1. The van der Waals surface area contributed by atoms with Crippen LogP contribution in [0, 0.1) is 5.92 Å². The third-order valence-corrected chi connectivity index (χ3v) is 6.42. The fraction of sp³-hybridized carbons (Fsp3) is 0.435. The molecule has 1 heterocycles. The van der Waals surface area contributed by atoms with Gasteiger partial charge in [0, 0.05) is 23.6 Å². The van der Waals surface area contributed by atoms with Gasteiger partial charge in [0.15, 0.2) is 5.78 Å². The van der Waals surface area contributed by atoms with Crippen molar-refractivity contribution in [1.82, 2.24) is 4.90 Å². The average Bonchev–Trinajstić information content (AvgIpc) is 2.83. The molecule has 136 valence electrons. The van der Waals surface area contributed by atoms with Crippen LogP contribution in [0.25, 0.3) is 0 Å². The van der Waals surface area contributed by atoms with Gasteiger partial charge in [-0.05, 0) is 67.8 Å². The molecule has 1 atom stereocenters. The minimum absolute atomic E-state index is 0.268. The number of carbonyl (C=O) groups is 1. The molecule has 0 radical (unpaired) electrons. The molecule has 0 spiro atoms. The summed E-state index contributed by atoms with van der Waals surface area (Å²) in [6.45, 7) is 3.31. The number of piperidine rings is 1. The highest BCUT2D eigenvalue weighted by Crippen LogP contribution is 2.32. The van der Waals surface area contributed by atoms with Crippen LogP contribution in [0.3, 0.4) is 0 Å². The molecule has 2 nitrogen and oxygen atoms in total. The van der Waals surface area contributed by atoms with E-state index in [9.17, 15) is 4.79 Å². The van der Waals surface area contributed by atoms with E-state index < -0.39 is 0 Å². The van der Waals surface area contributed by atoms with Crippen LogP contribution in [0.2, 0.25) is 5.02 Å². The highest BCUT2D eigenvalue weighted by molar-refractivity contribution is 6.32. The Hall–Kier alpha value is -1.64. The van der Waals surface area contributed by atoms with Gasteiger partial charge in [-0.15, -0.1) is 0 Å². The number of likely N-dealkylation sites (tertiary alicyclic amines) is 1. The molecule has 1 aliphatic heterocycles. The van der Waals surface area contributed by atoms with E-state index in [0.717, 1.165) is 48.6 Å². The summed E-state index contributed by atoms with van der Waals surface area (Å²) in [6, 6.07) is 16.6. The van der Waals surface area contributed by atoms with Crippen LogP contribution < -0.4 is 0 Å². The van der Waals surface area contributed by atoms with Crippen LogP contribution in [0.5, 0.6) is 0 Å². The van der Waals surface area contributed by atoms with E-state index >= 15 is 0 Å². The van der Waals surface area contributed by atoms with Crippen LogP contribution in [0.15, 0.2) is 48.5 Å². The van der Waals surface area contributed by atoms with Crippen LogP contribution in [-0.4, -0.2) is 30.3 Å². The fourth-order valence-electron chi connectivity index (χ4n) is 4.59. The van der Waals surface area contributed by atoms with E-state index in [1.54, 1.807) is 0 Å². The van der Waals surface area contributed by atoms with Crippen molar-refractivity contribution in [2.24, 2.45) is 5.92 Å². The van der Waals surface area contributed by atoms with Crippen molar-refractivity contribution >= 4 is 17.4 Å². The molecule has 0 saturated carbocycles. The Morgan fingerprint density at radius 2 is 1.73 bits per heavy atom. The topological polar surface area (TPSA) is 20.3 Å². The largest absolute Gasteiger partial charge is 0.303 e. The average molecular weight is 368 g/mol. The summed E-state index contributed by atoms with van der Waals surface area (Å²) in [7, 11) is 0. The number of hydrogen-bond donors (Lipinski definition) is 0. The predicted molar refractivity (Wildman–Crippen MR) is 107 cm³/mol. The standard InChI is InChI=1S/C23H26ClNO/c24-22-8-4-7-21-20(22)10-9-17(15-23(21)26)16-25-13-11-19(12-14-25)18-5-2-1-3-6-18/h1-8,17,19H,9-16H2. The second-order valence-corrected chi connectivity index (χ2v) is 8.19. The SMILES string of the molecule is O=C1CC(CN2CCC(c3ccccc3)CC2)CCc2c(Cl)cccc21. The molecule has 1 aliphatic carbocycles. The third-order valence-electron chi connectivity index (χ3n) is 6.07. The van der Waals surface area contributed by atoms with E-state index in [4.69, 9.17) is 11.6 Å². The fourth-order valence-corrected chi connectivity index (χ4v) is 4.86. The van der Waals surface area contributed by atoms with Crippen molar-refractivity contribution in [3.05, 3.63) is 70.2 Å². The summed E-state index contributed by atoms with van der Waals surface area (Å²) < 4.78 is 0. The second-order valence-electron chi connectivity index (χ2n) is 7.78. The predicted octanol–water partition coefficient (Wildman–Crippen LogP) is 5.35. The Kier molecular flexibility index (Phi) is 5.42. The van der Waals surface area contributed by atoms with Gasteiger partial charge in [-0.1, -0.05) is 54.1 Å². The van der Waals surface area contributed by atoms with E-state index in [2.05, 4.69) is 35.2 Å². The highest BCUT2D eigenvalue weighted by Gasteiger charge is 2.27. The lowest BCUT2D eigenvalue weighted by Gasteiger charge is -2.34. The lowest BCUT2D eigenvalue weighted by Crippen LogP contribution is -2.37. The maximum atomic E-state index is 12.7. The molecule has 3 heteroatoms. The van der Waals surface area contributed by atoms with Crippen LogP contribution in [0.4, 0.5) is 0 Å². The number of benzene rings is 2. The van der Waals surface area contributed by atoms with Crippen LogP contribution in [-0.2, 0) is 6.42 Å². The quantitative estimate of drug-likeness (QED) is 0.681. The molecule has 26 heavy (non-hydrogen) atoms. The summed E-state index contributed by atoms with van der Waals surface area (Å²) in [4.78, 5) is 15.2. The van der Waals surface area contributed by atoms with Gasteiger partial charge < -0.3 is 4.90 Å². The Labute approximate surface area is 161 Å². The monoisotopic (exact) mass is 367 g/mol. The van der Waals surface area contributed by atoms with Gasteiger partial charge in [-0.2, -0.15) is 0 Å². The molecule has 2 aliphatic rings. The van der Waals surface area contributed by atoms with Gasteiger partial charge in [-0.25, -0.2) is 0 Å². The smallest absolute Gasteiger partial charge is 0.163 e. The van der Waals surface area contributed by atoms with Crippen molar-refractivity contribution in [1.29, 1.82) is 0 Å². The first-order valence-electron chi connectivity index (χ1n) is 9.78. The molecule has 1 unspecified atom stereocenters. The second kappa shape index (κ2) is 7.94. The van der Waals surface area contributed by atoms with E-state index in [1.807, 2.05) is 18.2 Å². The molecular weight excluding hydrogens is 342 g/mol. The van der Waals surface area contributed by atoms with Gasteiger partial charge in [0.25, 0.3) is 0 Å². The molecular formula is C23H26ClNO. The van der Waals surface area contributed by atoms with Gasteiger partial charge in [0.05, 0.1) is 0 Å². The Morgan fingerprint density at radius 1 is 0.962 bits per heavy atom. The molecule has 1 fully saturated rings. The normalized spacial score (nSPS) is 22.0. The van der Waals surface area contributed by atoms with Gasteiger partial charge >= 0.3 is 0 Å². The molecule has 4 rings (SSSR count). The van der Waals surface area contributed by atoms with E-state index in [-0.39, 0.29) is 5.78 Å². The number of rotatable bonds is 3. The summed E-state index contributed by atoms with van der Waals surface area (Å²) in [5.41, 5.74) is 3.38. The number of fused-ring (bicyclic) bond motifs is 1. The molecule has 2 aromatic carbocycles. The number of halogens is 1. The van der Waals surface area contributed by atoms with E-state index in [1.165, 1.54) is 18.4 Å². The van der Waals surface area contributed by atoms with Gasteiger partial charge in [0.1, 0.15) is 0 Å². The van der Waals surface area contributed by atoms with Gasteiger partial charge in [-0.3, -0.25) is 4.79 Å². The van der Waals surface area contributed by atoms with E-state index in [0.29, 0.717) is 18.3 Å². The zero-order chi connectivity index (χ0) is 17.9. The third kappa shape index (κ3) is 3.87. The van der Waals surface area contributed by atoms with Crippen molar-refractivity contribution in [3.63, 3.8) is 0 Å². The summed E-state index contributed by atoms with van der Waals surface area (Å²) in [6.07, 6.45) is 5.08. The molecule has 0 aromatic heterocycles. The van der Waals surface area contributed by atoms with Gasteiger partial charge in [0.2, 0.25) is 0 Å². The maximum Gasteiger partial charge on any atom is 0.163 e. The summed E-state index contributed by atoms with van der Waals surface area (Å²) in [5.74, 6) is 1.40. The number of hydrogen-bond acceptors (Lipinski definition) is 2. The first-order chi connectivity index (χ1) is 12.7. The molecule has 1 saturated heterocycles. The van der Waals surface area contributed by atoms with Crippen molar-refractivity contribution in [2.45, 2.75) is 38.0 Å². The number of Topliss-reactive ketones (excluding diaryl/α,β-unsaturated/α-hetero) is 1. The minimum atomic E-state index is 0.268. The minimum Gasteiger partial charge on any atom is -0.303 e. The highest BCUT2D eigenvalue weighted by atomic mass is 35.5. The zero-order valence-corrected chi connectivity index (χ0v) is 15.9. The van der Waals surface area contributed by atoms with Crippen LogP contribution >= 0.6 is 11.6 Å². The maximum absolute atomic E-state index is 12.7. The summed E-state index contributed by atoms with van der Waals surface area (Å²) in [5, 5.41) is 0.750. The lowest BCUT2D eigenvalue weighted by atomic mass is 9.88. The summed E-state index contributed by atoms with van der Waals surface area (Å²) >= 11 is 6.33. The molecule has 0 bridgehead atoms. The van der Waals surface area contributed by atoms with Crippen molar-refractivity contribution < 1.29 is 4.79 Å². The number of carbonyl (C=O) groups excluding carboxylic acids is 1. The van der Waals surface area contributed by atoms with Crippen molar-refractivity contribution in [2.75, 3.05) is 19.6 Å². The molecule has 2 aromatic rings. The zero-order valence-electron chi connectivity index (χ0n) is 15.2. The Morgan fingerprint density at radius 3 is 2.50 bits per heavy atom. The first kappa shape index (κ1) is 17.8. The molecule has 0 N–H and O–H groups in total. The Balaban J connectivity index is 1.35. The lowest BCUT2D eigenvalue weighted by molar-refractivity contribution is 0.0941. The first-order valence-corrected chi connectivity index (χ1v) is 10.2. The molecule has 0 amide bonds. The Bertz CT molecular complexity index is 765. The van der Waals surface area contributed by atoms with Crippen LogP contribution in [0.1, 0.15) is 53.1 Å².